The van der Waals surface area contributed by atoms with Gasteiger partial charge in [0, 0.05) is 0 Å². The zero-order valence-electron chi connectivity index (χ0n) is 11.1. The van der Waals surface area contributed by atoms with Crippen molar-refractivity contribution in [2.24, 2.45) is 0 Å². The highest BCUT2D eigenvalue weighted by Crippen LogP contribution is 2.13. The van der Waals surface area contributed by atoms with Gasteiger partial charge in [-0.15, -0.1) is 0 Å². The van der Waals surface area contributed by atoms with Crippen LogP contribution >= 0.6 is 0 Å². The van der Waals surface area contributed by atoms with Gasteiger partial charge in [0.15, 0.2) is 0 Å². The van der Waals surface area contributed by atoms with Crippen LogP contribution in [0.4, 0.5) is 0 Å². The number of aromatic amines is 1. The Balaban J connectivity index is 1.95. The van der Waals surface area contributed by atoms with Crippen molar-refractivity contribution in [3.63, 3.8) is 0 Å². The maximum absolute atomic E-state index is 12.0. The molecular weight excluding hydrogens is 282 g/mol. The van der Waals surface area contributed by atoms with E-state index >= 15 is 0 Å². The monoisotopic (exact) mass is 299 g/mol. The first-order valence-corrected chi connectivity index (χ1v) is 7.73. The van der Waals surface area contributed by atoms with Gasteiger partial charge in [0.1, 0.15) is 17.9 Å². The number of nitrogens with zero attached hydrogens (tertiary/aromatic N) is 2. The molecule has 0 bridgehead atoms. The van der Waals surface area contributed by atoms with Gasteiger partial charge < -0.3 is 9.73 Å². The van der Waals surface area contributed by atoms with E-state index < -0.39 is 10.0 Å². The lowest BCUT2D eigenvalue weighted by Crippen LogP contribution is -2.23. The first-order chi connectivity index (χ1) is 9.62. The van der Waals surface area contributed by atoms with Gasteiger partial charge in [-0.25, -0.2) is 18.1 Å². The Morgan fingerprint density at radius 3 is 2.90 bits per heavy atom. The van der Waals surface area contributed by atoms with E-state index in [1.54, 1.807) is 6.07 Å². The van der Waals surface area contributed by atoms with Crippen LogP contribution in [-0.2, 0) is 23.1 Å². The molecule has 2 aromatic heterocycles. The van der Waals surface area contributed by atoms with Crippen molar-refractivity contribution in [2.75, 3.05) is 6.54 Å². The molecule has 0 fully saturated rings. The molecule has 2 rings (SSSR count). The lowest BCUT2D eigenvalue weighted by Gasteiger charge is -2.02. The highest BCUT2D eigenvalue weighted by Gasteiger charge is 2.18. The summed E-state index contributed by atoms with van der Waals surface area (Å²) >= 11 is 0. The van der Waals surface area contributed by atoms with Gasteiger partial charge in [0.25, 0.3) is 10.0 Å². The lowest BCUT2D eigenvalue weighted by atomic mass is 10.4. The van der Waals surface area contributed by atoms with E-state index in [9.17, 15) is 8.42 Å². The van der Waals surface area contributed by atoms with Gasteiger partial charge in [-0.3, -0.25) is 5.10 Å². The van der Waals surface area contributed by atoms with Crippen LogP contribution < -0.4 is 10.0 Å². The fourth-order valence-corrected chi connectivity index (χ4v) is 2.47. The van der Waals surface area contributed by atoms with Gasteiger partial charge in [0.05, 0.1) is 13.1 Å². The summed E-state index contributed by atoms with van der Waals surface area (Å²) in [5.74, 6) is 1.02. The van der Waals surface area contributed by atoms with Gasteiger partial charge in [-0.05, 0) is 25.1 Å². The van der Waals surface area contributed by atoms with Gasteiger partial charge in [-0.1, -0.05) is 6.92 Å². The minimum atomic E-state index is -3.68. The van der Waals surface area contributed by atoms with Crippen molar-refractivity contribution in [3.05, 3.63) is 30.0 Å². The average Bonchev–Trinajstić information content (AvgIpc) is 3.08. The summed E-state index contributed by atoms with van der Waals surface area (Å²) in [6.07, 6.45) is 2.32. The molecule has 0 spiro atoms. The molecule has 9 heteroatoms. The van der Waals surface area contributed by atoms with Crippen molar-refractivity contribution < 1.29 is 12.8 Å². The number of hydrogen-bond acceptors (Lipinski definition) is 6. The third kappa shape index (κ3) is 3.89. The molecule has 0 aliphatic heterocycles. The summed E-state index contributed by atoms with van der Waals surface area (Å²) in [5.41, 5.74) is 0. The van der Waals surface area contributed by atoms with E-state index in [4.69, 9.17) is 4.42 Å². The molecule has 0 aliphatic carbocycles. The zero-order chi connectivity index (χ0) is 14.4. The van der Waals surface area contributed by atoms with Crippen LogP contribution in [0, 0.1) is 0 Å². The van der Waals surface area contributed by atoms with Crippen molar-refractivity contribution in [1.29, 1.82) is 0 Å². The van der Waals surface area contributed by atoms with Crippen molar-refractivity contribution in [2.45, 2.75) is 31.5 Å². The Morgan fingerprint density at radius 2 is 2.20 bits per heavy atom. The van der Waals surface area contributed by atoms with E-state index in [0.29, 0.717) is 18.1 Å². The first kappa shape index (κ1) is 14.7. The minimum absolute atomic E-state index is 0.0342. The molecule has 0 radical (unpaired) electrons. The molecular formula is C11H17N5O3S. The van der Waals surface area contributed by atoms with Crippen molar-refractivity contribution in [3.8, 4) is 0 Å². The van der Waals surface area contributed by atoms with E-state index in [1.807, 2.05) is 0 Å². The van der Waals surface area contributed by atoms with Crippen LogP contribution in [0.2, 0.25) is 0 Å². The molecule has 20 heavy (non-hydrogen) atoms. The second kappa shape index (κ2) is 6.64. The molecule has 2 aromatic rings. The van der Waals surface area contributed by atoms with Gasteiger partial charge >= 0.3 is 0 Å². The van der Waals surface area contributed by atoms with Crippen LogP contribution in [-0.4, -0.2) is 30.1 Å². The first-order valence-electron chi connectivity index (χ1n) is 6.25. The molecule has 2 heterocycles. The lowest BCUT2D eigenvalue weighted by molar-refractivity contribution is 0.400. The van der Waals surface area contributed by atoms with Crippen LogP contribution in [0.1, 0.15) is 24.9 Å². The van der Waals surface area contributed by atoms with E-state index in [0.717, 1.165) is 13.0 Å². The topological polar surface area (TPSA) is 113 Å². The predicted molar refractivity (Wildman–Crippen MR) is 71.1 cm³/mol. The second-order valence-electron chi connectivity index (χ2n) is 4.15. The summed E-state index contributed by atoms with van der Waals surface area (Å²) in [6.45, 7) is 3.45. The smallest absolute Gasteiger partial charge is 0.274 e. The number of aromatic nitrogens is 3. The van der Waals surface area contributed by atoms with Crippen molar-refractivity contribution in [1.82, 2.24) is 25.2 Å². The fraction of sp³-hybridized carbons (Fsp3) is 0.455. The predicted octanol–water partition coefficient (Wildman–Crippen LogP) is 0.376. The molecule has 0 aromatic carbocycles. The molecule has 0 amide bonds. The quantitative estimate of drug-likeness (QED) is 0.607. The number of sulfonamides is 1. The third-order valence-corrected chi connectivity index (χ3v) is 3.80. The fourth-order valence-electron chi connectivity index (χ4n) is 1.54. The Labute approximate surface area is 117 Å². The molecule has 0 unspecified atom stereocenters. The van der Waals surface area contributed by atoms with Gasteiger partial charge in [-0.2, -0.15) is 5.10 Å². The molecule has 0 saturated heterocycles. The minimum Gasteiger partial charge on any atom is -0.447 e. The van der Waals surface area contributed by atoms with Crippen LogP contribution in [0.15, 0.2) is 28.0 Å². The van der Waals surface area contributed by atoms with Crippen LogP contribution in [0.5, 0.6) is 0 Å². The number of rotatable bonds is 8. The molecule has 0 saturated carbocycles. The summed E-state index contributed by atoms with van der Waals surface area (Å²) in [5, 5.41) is 9.24. The number of nitrogens with one attached hydrogen (secondary N) is 3. The maximum atomic E-state index is 12.0. The van der Waals surface area contributed by atoms with Gasteiger partial charge in [0.2, 0.25) is 5.09 Å². The highest BCUT2D eigenvalue weighted by atomic mass is 32.2. The molecule has 110 valence electrons. The van der Waals surface area contributed by atoms with Crippen molar-refractivity contribution >= 4 is 10.0 Å². The normalized spacial score (nSPS) is 11.8. The van der Waals surface area contributed by atoms with E-state index in [1.165, 1.54) is 12.4 Å². The Kier molecular flexibility index (Phi) is 4.88. The van der Waals surface area contributed by atoms with Crippen LogP contribution in [0.25, 0.3) is 0 Å². The number of furan rings is 1. The number of hydrogen-bond donors (Lipinski definition) is 3. The standard InChI is InChI=1S/C11H17N5O3S/c1-2-5-12-6-9-3-4-11(19-9)20(17,18)15-7-10-13-8-14-16-10/h3-4,8,12,15H,2,5-7H2,1H3,(H,13,14,16). The zero-order valence-corrected chi connectivity index (χ0v) is 11.9. The third-order valence-electron chi connectivity index (χ3n) is 2.52. The summed E-state index contributed by atoms with van der Waals surface area (Å²) in [4.78, 5) is 3.83. The number of H-pyrrole nitrogens is 1. The molecule has 3 N–H and O–H groups in total. The Hall–Kier alpha value is -1.71. The molecule has 0 atom stereocenters. The average molecular weight is 299 g/mol. The molecule has 0 aliphatic rings. The van der Waals surface area contributed by atoms with Crippen LogP contribution in [0.3, 0.4) is 0 Å². The SMILES string of the molecule is CCCNCc1ccc(S(=O)(=O)NCc2ncn[nH]2)o1. The largest absolute Gasteiger partial charge is 0.447 e. The summed E-state index contributed by atoms with van der Waals surface area (Å²) < 4.78 is 31.7. The van der Waals surface area contributed by atoms with E-state index in [2.05, 4.69) is 32.1 Å². The van der Waals surface area contributed by atoms with E-state index in [-0.39, 0.29) is 11.6 Å². The summed E-state index contributed by atoms with van der Waals surface area (Å²) in [6, 6.07) is 3.08. The maximum Gasteiger partial charge on any atom is 0.274 e. The Morgan fingerprint density at radius 1 is 1.35 bits per heavy atom. The second-order valence-corrected chi connectivity index (χ2v) is 5.85. The highest BCUT2D eigenvalue weighted by molar-refractivity contribution is 7.89. The summed E-state index contributed by atoms with van der Waals surface area (Å²) in [7, 11) is -3.68. The molecule has 8 nitrogen and oxygen atoms in total. The Bertz CT molecular complexity index is 620.